The second-order valence-electron chi connectivity index (χ2n) is 4.22. The molecule has 1 aromatic heterocycles. The third kappa shape index (κ3) is 3.05. The fourth-order valence-corrected chi connectivity index (χ4v) is 1.75. The van der Waals surface area contributed by atoms with Crippen LogP contribution in [0, 0.1) is 25.7 Å². The third-order valence-electron chi connectivity index (χ3n) is 2.75. The summed E-state index contributed by atoms with van der Waals surface area (Å²) in [5.74, 6) is 5.40. The standard InChI is InChI=1S/C15H14N2O3/c1-10-9-14(20-17-10)16-15(19)13-7-3-5-12(11(13)2)6-4-8-18/h3,5,7,9,18H,8H2,1-2H3,(H,16,19). The maximum Gasteiger partial charge on any atom is 0.258 e. The molecule has 1 aromatic carbocycles. The number of hydrogen-bond acceptors (Lipinski definition) is 4. The number of carbonyl (C=O) groups is 1. The molecule has 0 atom stereocenters. The number of benzene rings is 1. The van der Waals surface area contributed by atoms with Crippen LogP contribution in [0.25, 0.3) is 0 Å². The molecule has 0 saturated heterocycles. The lowest BCUT2D eigenvalue weighted by molar-refractivity contribution is 0.102. The Morgan fingerprint density at radius 3 is 2.90 bits per heavy atom. The van der Waals surface area contributed by atoms with Gasteiger partial charge in [0.15, 0.2) is 0 Å². The number of hydrogen-bond donors (Lipinski definition) is 2. The molecule has 2 aromatic rings. The first-order chi connectivity index (χ1) is 9.61. The van der Waals surface area contributed by atoms with Crippen LogP contribution in [-0.4, -0.2) is 22.8 Å². The summed E-state index contributed by atoms with van der Waals surface area (Å²) in [7, 11) is 0. The number of aryl methyl sites for hydroxylation is 1. The van der Waals surface area contributed by atoms with Crippen LogP contribution in [0.4, 0.5) is 5.88 Å². The largest absolute Gasteiger partial charge is 0.384 e. The number of rotatable bonds is 2. The number of carbonyl (C=O) groups excluding carboxylic acids is 1. The highest BCUT2D eigenvalue weighted by Gasteiger charge is 2.13. The highest BCUT2D eigenvalue weighted by Crippen LogP contribution is 2.16. The molecule has 20 heavy (non-hydrogen) atoms. The van der Waals surface area contributed by atoms with Gasteiger partial charge >= 0.3 is 0 Å². The van der Waals surface area contributed by atoms with Crippen LogP contribution in [0.3, 0.4) is 0 Å². The van der Waals surface area contributed by atoms with Gasteiger partial charge in [-0.15, -0.1) is 0 Å². The van der Waals surface area contributed by atoms with Crippen LogP contribution in [0.5, 0.6) is 0 Å². The molecule has 5 heteroatoms. The molecule has 0 unspecified atom stereocenters. The molecule has 2 N–H and O–H groups in total. The SMILES string of the molecule is Cc1cc(NC(=O)c2cccc(C#CCO)c2C)on1. The first-order valence-corrected chi connectivity index (χ1v) is 6.06. The Bertz CT molecular complexity index is 693. The molecule has 0 spiro atoms. The molecular weight excluding hydrogens is 256 g/mol. The van der Waals surface area contributed by atoms with Crippen molar-refractivity contribution in [1.29, 1.82) is 0 Å². The van der Waals surface area contributed by atoms with E-state index in [0.29, 0.717) is 22.7 Å². The van der Waals surface area contributed by atoms with Crippen LogP contribution in [0.2, 0.25) is 0 Å². The minimum atomic E-state index is -0.286. The van der Waals surface area contributed by atoms with Gasteiger partial charge in [-0.3, -0.25) is 10.1 Å². The highest BCUT2D eigenvalue weighted by atomic mass is 16.5. The van der Waals surface area contributed by atoms with Crippen molar-refractivity contribution in [2.75, 3.05) is 11.9 Å². The Morgan fingerprint density at radius 1 is 1.45 bits per heavy atom. The number of aromatic nitrogens is 1. The normalized spacial score (nSPS) is 9.75. The van der Waals surface area contributed by atoms with Gasteiger partial charge in [0.05, 0.1) is 5.69 Å². The van der Waals surface area contributed by atoms with Crippen LogP contribution in [0.1, 0.15) is 27.2 Å². The summed E-state index contributed by atoms with van der Waals surface area (Å²) in [6.45, 7) is 3.37. The zero-order valence-electron chi connectivity index (χ0n) is 11.2. The first kappa shape index (κ1) is 13.8. The maximum absolute atomic E-state index is 12.2. The average molecular weight is 270 g/mol. The Hall–Kier alpha value is -2.58. The van der Waals surface area contributed by atoms with E-state index in [1.807, 2.05) is 6.92 Å². The Balaban J connectivity index is 2.26. The van der Waals surface area contributed by atoms with Crippen LogP contribution < -0.4 is 5.32 Å². The fraction of sp³-hybridized carbons (Fsp3) is 0.200. The van der Waals surface area contributed by atoms with Crippen molar-refractivity contribution in [2.24, 2.45) is 0 Å². The number of amides is 1. The lowest BCUT2D eigenvalue weighted by Gasteiger charge is -2.06. The molecule has 0 aliphatic rings. The summed E-state index contributed by atoms with van der Waals surface area (Å²) in [4.78, 5) is 12.2. The van der Waals surface area contributed by atoms with E-state index < -0.39 is 0 Å². The van der Waals surface area contributed by atoms with Crippen molar-refractivity contribution in [3.05, 3.63) is 46.6 Å². The quantitative estimate of drug-likeness (QED) is 0.817. The van der Waals surface area contributed by atoms with E-state index in [-0.39, 0.29) is 12.5 Å². The number of nitrogens with zero attached hydrogens (tertiary/aromatic N) is 1. The van der Waals surface area contributed by atoms with Crippen molar-refractivity contribution in [1.82, 2.24) is 5.16 Å². The summed E-state index contributed by atoms with van der Waals surface area (Å²) in [5, 5.41) is 15.1. The van der Waals surface area contributed by atoms with Crippen LogP contribution >= 0.6 is 0 Å². The molecule has 0 aliphatic heterocycles. The second kappa shape index (κ2) is 6.04. The Morgan fingerprint density at radius 2 is 2.25 bits per heavy atom. The summed E-state index contributed by atoms with van der Waals surface area (Å²) >= 11 is 0. The molecule has 0 radical (unpaired) electrons. The number of anilines is 1. The predicted molar refractivity (Wildman–Crippen MR) is 74.3 cm³/mol. The van der Waals surface area contributed by atoms with Crippen molar-refractivity contribution < 1.29 is 14.4 Å². The number of nitrogens with one attached hydrogen (secondary N) is 1. The van der Waals surface area contributed by atoms with E-state index in [9.17, 15) is 4.79 Å². The van der Waals surface area contributed by atoms with Gasteiger partial charge < -0.3 is 9.63 Å². The maximum atomic E-state index is 12.2. The molecular formula is C15H14N2O3. The molecule has 0 fully saturated rings. The van der Waals surface area contributed by atoms with E-state index in [1.165, 1.54) is 0 Å². The summed E-state index contributed by atoms with van der Waals surface area (Å²) in [6, 6.07) is 6.89. The van der Waals surface area contributed by atoms with E-state index in [2.05, 4.69) is 22.3 Å². The van der Waals surface area contributed by atoms with Gasteiger partial charge in [-0.1, -0.05) is 23.1 Å². The molecule has 1 heterocycles. The Labute approximate surface area is 116 Å². The van der Waals surface area contributed by atoms with Gasteiger partial charge in [0.25, 0.3) is 5.91 Å². The molecule has 102 valence electrons. The number of aliphatic hydroxyl groups excluding tert-OH is 1. The topological polar surface area (TPSA) is 75.4 Å². The molecule has 1 amide bonds. The second-order valence-corrected chi connectivity index (χ2v) is 4.22. The van der Waals surface area contributed by atoms with Crippen molar-refractivity contribution in [3.63, 3.8) is 0 Å². The average Bonchev–Trinajstić information content (AvgIpc) is 2.83. The molecule has 5 nitrogen and oxygen atoms in total. The van der Waals surface area contributed by atoms with Gasteiger partial charge in [0.2, 0.25) is 5.88 Å². The van der Waals surface area contributed by atoms with E-state index >= 15 is 0 Å². The molecule has 0 aliphatic carbocycles. The molecule has 0 bridgehead atoms. The lowest BCUT2D eigenvalue weighted by atomic mass is 10.0. The minimum Gasteiger partial charge on any atom is -0.384 e. The van der Waals surface area contributed by atoms with Crippen LogP contribution in [0.15, 0.2) is 28.8 Å². The van der Waals surface area contributed by atoms with E-state index in [0.717, 1.165) is 5.56 Å². The minimum absolute atomic E-state index is 0.215. The summed E-state index contributed by atoms with van der Waals surface area (Å²) in [6.07, 6.45) is 0. The van der Waals surface area contributed by atoms with Gasteiger partial charge in [-0.25, -0.2) is 0 Å². The van der Waals surface area contributed by atoms with Crippen molar-refractivity contribution in [2.45, 2.75) is 13.8 Å². The zero-order valence-corrected chi connectivity index (χ0v) is 11.2. The zero-order chi connectivity index (χ0) is 14.5. The van der Waals surface area contributed by atoms with Gasteiger partial charge in [0, 0.05) is 17.2 Å². The fourth-order valence-electron chi connectivity index (χ4n) is 1.75. The lowest BCUT2D eigenvalue weighted by Crippen LogP contribution is -2.13. The predicted octanol–water partition coefficient (Wildman–Crippen LogP) is 1.89. The summed E-state index contributed by atoms with van der Waals surface area (Å²) < 4.78 is 4.95. The van der Waals surface area contributed by atoms with Crippen molar-refractivity contribution in [3.8, 4) is 11.8 Å². The van der Waals surface area contributed by atoms with Gasteiger partial charge in [0.1, 0.15) is 6.61 Å². The van der Waals surface area contributed by atoms with E-state index in [4.69, 9.17) is 9.63 Å². The molecule has 0 saturated carbocycles. The summed E-state index contributed by atoms with van der Waals surface area (Å²) in [5.41, 5.74) is 2.66. The van der Waals surface area contributed by atoms with Crippen molar-refractivity contribution >= 4 is 11.8 Å². The smallest absolute Gasteiger partial charge is 0.258 e. The Kier molecular flexibility index (Phi) is 4.18. The van der Waals surface area contributed by atoms with Gasteiger partial charge in [-0.05, 0) is 31.5 Å². The number of aliphatic hydroxyl groups is 1. The van der Waals surface area contributed by atoms with Crippen LogP contribution in [-0.2, 0) is 0 Å². The third-order valence-corrected chi connectivity index (χ3v) is 2.75. The first-order valence-electron chi connectivity index (χ1n) is 6.06. The van der Waals surface area contributed by atoms with Gasteiger partial charge in [-0.2, -0.15) is 0 Å². The highest BCUT2D eigenvalue weighted by molar-refractivity contribution is 6.04. The monoisotopic (exact) mass is 270 g/mol. The van der Waals surface area contributed by atoms with E-state index in [1.54, 1.807) is 31.2 Å². The molecule has 2 rings (SSSR count).